The molecule has 1 aromatic carbocycles. The highest BCUT2D eigenvalue weighted by Crippen LogP contribution is 2.27. The number of nitrogens with one attached hydrogen (secondary N) is 1. The zero-order chi connectivity index (χ0) is 13.1. The van der Waals surface area contributed by atoms with Crippen molar-refractivity contribution in [2.45, 2.75) is 33.2 Å². The highest BCUT2D eigenvalue weighted by atomic mass is 16.4. The Balaban J connectivity index is 2.41. The van der Waals surface area contributed by atoms with Crippen LogP contribution in [0.25, 0.3) is 11.5 Å². The van der Waals surface area contributed by atoms with Gasteiger partial charge in [-0.3, -0.25) is 0 Å². The molecule has 0 aliphatic rings. The maximum Gasteiger partial charge on any atom is 0.248 e. The lowest BCUT2D eigenvalue weighted by Crippen LogP contribution is -2.15. The first-order valence-corrected chi connectivity index (χ1v) is 6.24. The molecule has 96 valence electrons. The second kappa shape index (κ2) is 5.31. The minimum absolute atomic E-state index is 0.121. The molecule has 18 heavy (non-hydrogen) atoms. The SMILES string of the molecule is CCC(NC)c1nnc(-c2c(C)cccc2C)o1. The van der Waals surface area contributed by atoms with E-state index in [2.05, 4.69) is 48.4 Å². The van der Waals surface area contributed by atoms with Crippen LogP contribution in [0.3, 0.4) is 0 Å². The van der Waals surface area contributed by atoms with Gasteiger partial charge in [-0.2, -0.15) is 0 Å². The van der Waals surface area contributed by atoms with E-state index in [-0.39, 0.29) is 6.04 Å². The van der Waals surface area contributed by atoms with Gasteiger partial charge in [-0.05, 0) is 38.4 Å². The molecule has 0 fully saturated rings. The van der Waals surface area contributed by atoms with Crippen LogP contribution in [0.5, 0.6) is 0 Å². The molecular formula is C14H19N3O. The standard InChI is InChI=1S/C14H19N3O/c1-5-11(15-4)13-16-17-14(18-13)12-9(2)7-6-8-10(12)3/h6-8,11,15H,5H2,1-4H3. The Morgan fingerprint density at radius 3 is 2.44 bits per heavy atom. The molecule has 0 radical (unpaired) electrons. The van der Waals surface area contributed by atoms with Crippen LogP contribution >= 0.6 is 0 Å². The van der Waals surface area contributed by atoms with E-state index in [1.165, 1.54) is 0 Å². The van der Waals surface area contributed by atoms with E-state index in [0.29, 0.717) is 11.8 Å². The molecule has 2 rings (SSSR count). The van der Waals surface area contributed by atoms with Gasteiger partial charge >= 0.3 is 0 Å². The molecule has 0 aliphatic heterocycles. The third kappa shape index (κ3) is 2.29. The molecule has 0 saturated carbocycles. The molecule has 0 aliphatic carbocycles. The van der Waals surface area contributed by atoms with E-state index < -0.39 is 0 Å². The molecule has 1 aromatic heterocycles. The van der Waals surface area contributed by atoms with Gasteiger partial charge in [0.1, 0.15) is 0 Å². The Morgan fingerprint density at radius 1 is 1.22 bits per heavy atom. The normalized spacial score (nSPS) is 12.7. The van der Waals surface area contributed by atoms with Crippen LogP contribution in [-0.2, 0) is 0 Å². The highest BCUT2D eigenvalue weighted by Gasteiger charge is 2.17. The summed E-state index contributed by atoms with van der Waals surface area (Å²) in [6.07, 6.45) is 0.922. The van der Waals surface area contributed by atoms with E-state index >= 15 is 0 Å². The number of aromatic nitrogens is 2. The van der Waals surface area contributed by atoms with Crippen LogP contribution in [-0.4, -0.2) is 17.2 Å². The van der Waals surface area contributed by atoms with Gasteiger partial charge in [0.15, 0.2) is 0 Å². The molecule has 1 unspecified atom stereocenters. The minimum Gasteiger partial charge on any atom is -0.419 e. The summed E-state index contributed by atoms with van der Waals surface area (Å²) < 4.78 is 5.79. The van der Waals surface area contributed by atoms with Crippen molar-refractivity contribution in [3.05, 3.63) is 35.2 Å². The smallest absolute Gasteiger partial charge is 0.248 e. The lowest BCUT2D eigenvalue weighted by Gasteiger charge is -2.08. The predicted molar refractivity (Wildman–Crippen MR) is 71.3 cm³/mol. The fourth-order valence-corrected chi connectivity index (χ4v) is 2.13. The summed E-state index contributed by atoms with van der Waals surface area (Å²) in [6, 6.07) is 6.27. The summed E-state index contributed by atoms with van der Waals surface area (Å²) in [5, 5.41) is 11.5. The lowest BCUT2D eigenvalue weighted by atomic mass is 10.0. The average molecular weight is 245 g/mol. The van der Waals surface area contributed by atoms with Crippen LogP contribution in [0.1, 0.15) is 36.4 Å². The summed E-state index contributed by atoms with van der Waals surface area (Å²) in [6.45, 7) is 6.20. The van der Waals surface area contributed by atoms with Crippen LogP contribution in [0.15, 0.2) is 22.6 Å². The largest absolute Gasteiger partial charge is 0.419 e. The summed E-state index contributed by atoms with van der Waals surface area (Å²) in [5.41, 5.74) is 3.35. The van der Waals surface area contributed by atoms with E-state index in [1.807, 2.05) is 13.1 Å². The second-order valence-electron chi connectivity index (χ2n) is 4.46. The van der Waals surface area contributed by atoms with Crippen molar-refractivity contribution >= 4 is 0 Å². The van der Waals surface area contributed by atoms with Gasteiger partial charge in [0.2, 0.25) is 11.8 Å². The summed E-state index contributed by atoms with van der Waals surface area (Å²) in [4.78, 5) is 0. The topological polar surface area (TPSA) is 51.0 Å². The number of hydrogen-bond donors (Lipinski definition) is 1. The third-order valence-electron chi connectivity index (χ3n) is 3.19. The Morgan fingerprint density at radius 2 is 1.89 bits per heavy atom. The lowest BCUT2D eigenvalue weighted by molar-refractivity contribution is 0.415. The zero-order valence-electron chi connectivity index (χ0n) is 11.3. The highest BCUT2D eigenvalue weighted by molar-refractivity contribution is 5.62. The van der Waals surface area contributed by atoms with Gasteiger partial charge in [-0.15, -0.1) is 10.2 Å². The molecule has 2 aromatic rings. The maximum absolute atomic E-state index is 5.79. The molecule has 1 N–H and O–H groups in total. The average Bonchev–Trinajstić information content (AvgIpc) is 2.80. The fourth-order valence-electron chi connectivity index (χ4n) is 2.13. The first-order chi connectivity index (χ1) is 8.67. The van der Waals surface area contributed by atoms with Crippen molar-refractivity contribution < 1.29 is 4.42 Å². The Bertz CT molecular complexity index is 509. The van der Waals surface area contributed by atoms with Crippen LogP contribution in [0, 0.1) is 13.8 Å². The Labute approximate surface area is 107 Å². The summed E-state index contributed by atoms with van der Waals surface area (Å²) >= 11 is 0. The van der Waals surface area contributed by atoms with Crippen molar-refractivity contribution in [1.29, 1.82) is 0 Å². The molecule has 0 saturated heterocycles. The third-order valence-corrected chi connectivity index (χ3v) is 3.19. The number of benzene rings is 1. The van der Waals surface area contributed by atoms with Crippen molar-refractivity contribution in [3.63, 3.8) is 0 Å². The van der Waals surface area contributed by atoms with Crippen LogP contribution < -0.4 is 5.32 Å². The molecule has 0 amide bonds. The van der Waals surface area contributed by atoms with Crippen molar-refractivity contribution in [2.24, 2.45) is 0 Å². The maximum atomic E-state index is 5.79. The van der Waals surface area contributed by atoms with E-state index in [4.69, 9.17) is 4.42 Å². The van der Waals surface area contributed by atoms with Gasteiger partial charge < -0.3 is 9.73 Å². The predicted octanol–water partition coefficient (Wildman–Crippen LogP) is 3.02. The second-order valence-corrected chi connectivity index (χ2v) is 4.46. The molecule has 0 bridgehead atoms. The first kappa shape index (κ1) is 12.8. The molecule has 0 spiro atoms. The summed E-state index contributed by atoms with van der Waals surface area (Å²) in [7, 11) is 1.90. The Hall–Kier alpha value is -1.68. The van der Waals surface area contributed by atoms with Gasteiger partial charge in [0.25, 0.3) is 0 Å². The zero-order valence-corrected chi connectivity index (χ0v) is 11.3. The Kier molecular flexibility index (Phi) is 3.77. The molecular weight excluding hydrogens is 226 g/mol. The minimum atomic E-state index is 0.121. The molecule has 4 nitrogen and oxygen atoms in total. The number of hydrogen-bond acceptors (Lipinski definition) is 4. The first-order valence-electron chi connectivity index (χ1n) is 6.24. The van der Waals surface area contributed by atoms with Gasteiger partial charge in [0.05, 0.1) is 6.04 Å². The van der Waals surface area contributed by atoms with Crippen LogP contribution in [0.4, 0.5) is 0 Å². The van der Waals surface area contributed by atoms with Gasteiger partial charge in [0, 0.05) is 5.56 Å². The molecule has 4 heteroatoms. The van der Waals surface area contributed by atoms with E-state index in [9.17, 15) is 0 Å². The van der Waals surface area contributed by atoms with Crippen molar-refractivity contribution in [2.75, 3.05) is 7.05 Å². The van der Waals surface area contributed by atoms with Gasteiger partial charge in [-0.1, -0.05) is 25.1 Å². The number of nitrogens with zero attached hydrogens (tertiary/aromatic N) is 2. The van der Waals surface area contributed by atoms with Crippen molar-refractivity contribution in [3.8, 4) is 11.5 Å². The van der Waals surface area contributed by atoms with E-state index in [1.54, 1.807) is 0 Å². The van der Waals surface area contributed by atoms with Gasteiger partial charge in [-0.25, -0.2) is 0 Å². The number of aryl methyl sites for hydroxylation is 2. The summed E-state index contributed by atoms with van der Waals surface area (Å²) in [5.74, 6) is 1.26. The fraction of sp³-hybridized carbons (Fsp3) is 0.429. The van der Waals surface area contributed by atoms with E-state index in [0.717, 1.165) is 23.1 Å². The van der Waals surface area contributed by atoms with Crippen molar-refractivity contribution in [1.82, 2.24) is 15.5 Å². The number of rotatable bonds is 4. The molecule has 1 heterocycles. The molecule has 1 atom stereocenters. The monoisotopic (exact) mass is 245 g/mol. The van der Waals surface area contributed by atoms with Crippen LogP contribution in [0.2, 0.25) is 0 Å². The quantitative estimate of drug-likeness (QED) is 0.899.